The van der Waals surface area contributed by atoms with Crippen LogP contribution >= 0.6 is 0 Å². The maximum atomic E-state index is 12.1. The van der Waals surface area contributed by atoms with E-state index in [0.717, 1.165) is 30.6 Å². The fraction of sp³-hybridized carbons (Fsp3) is 0.357. The molecular formula is C14H17N5O. The van der Waals surface area contributed by atoms with Gasteiger partial charge in [-0.25, -0.2) is 0 Å². The lowest BCUT2D eigenvalue weighted by Gasteiger charge is -2.15. The van der Waals surface area contributed by atoms with E-state index in [4.69, 9.17) is 5.73 Å². The van der Waals surface area contributed by atoms with Gasteiger partial charge in [0, 0.05) is 11.7 Å². The molecule has 1 heterocycles. The van der Waals surface area contributed by atoms with E-state index in [0.29, 0.717) is 0 Å². The number of nitrogens with two attached hydrogens (primary N) is 1. The smallest absolute Gasteiger partial charge is 0.229 e. The highest BCUT2D eigenvalue weighted by Gasteiger charge is 2.30. The molecule has 1 amide bonds. The summed E-state index contributed by atoms with van der Waals surface area (Å²) in [4.78, 5) is 13.6. The number of carbonyl (C=O) groups is 1. The molecule has 6 nitrogen and oxygen atoms in total. The Morgan fingerprint density at radius 2 is 1.90 bits per heavy atom. The maximum Gasteiger partial charge on any atom is 0.229 e. The first-order valence-corrected chi connectivity index (χ1v) is 6.77. The van der Waals surface area contributed by atoms with Crippen molar-refractivity contribution in [2.24, 2.45) is 11.7 Å². The molecule has 104 valence electrons. The molecule has 0 aliphatic heterocycles. The summed E-state index contributed by atoms with van der Waals surface area (Å²) in [5.74, 6) is -0.0533. The average Bonchev–Trinajstić information content (AvgIpc) is 3.10. The first kappa shape index (κ1) is 12.8. The molecule has 0 radical (unpaired) electrons. The van der Waals surface area contributed by atoms with Gasteiger partial charge in [0.1, 0.15) is 0 Å². The number of anilines is 1. The van der Waals surface area contributed by atoms with Crippen molar-refractivity contribution in [2.75, 3.05) is 5.32 Å². The fourth-order valence-electron chi connectivity index (χ4n) is 2.58. The summed E-state index contributed by atoms with van der Waals surface area (Å²) in [7, 11) is 0. The molecule has 1 aromatic heterocycles. The molecule has 1 saturated carbocycles. The molecule has 2 atom stereocenters. The molecule has 3 N–H and O–H groups in total. The Kier molecular flexibility index (Phi) is 3.47. The summed E-state index contributed by atoms with van der Waals surface area (Å²) < 4.78 is 0. The lowest BCUT2D eigenvalue weighted by molar-refractivity contribution is -0.120. The summed E-state index contributed by atoms with van der Waals surface area (Å²) in [5, 5.41) is 11.0. The largest absolute Gasteiger partial charge is 0.327 e. The Morgan fingerprint density at radius 3 is 2.50 bits per heavy atom. The molecule has 6 heteroatoms. The van der Waals surface area contributed by atoms with E-state index >= 15 is 0 Å². The van der Waals surface area contributed by atoms with Crippen LogP contribution in [0.15, 0.2) is 36.7 Å². The Labute approximate surface area is 117 Å². The van der Waals surface area contributed by atoms with Gasteiger partial charge in [0.05, 0.1) is 24.0 Å². The third-order valence-corrected chi connectivity index (χ3v) is 3.69. The fourth-order valence-corrected chi connectivity index (χ4v) is 2.58. The summed E-state index contributed by atoms with van der Waals surface area (Å²) in [6.07, 6.45) is 6.09. The van der Waals surface area contributed by atoms with Crippen molar-refractivity contribution in [3.8, 4) is 5.69 Å². The standard InChI is InChI=1S/C14H17N5O/c15-13-3-1-2-12(13)14(20)18-10-4-6-11(7-5-10)19-16-8-9-17-19/h4-9,12-13H,1-3,15H2,(H,18,20). The number of benzene rings is 1. The van der Waals surface area contributed by atoms with Gasteiger partial charge in [-0.15, -0.1) is 0 Å². The van der Waals surface area contributed by atoms with E-state index in [1.165, 1.54) is 4.80 Å². The first-order chi connectivity index (χ1) is 9.74. The van der Waals surface area contributed by atoms with Crippen molar-refractivity contribution in [2.45, 2.75) is 25.3 Å². The summed E-state index contributed by atoms with van der Waals surface area (Å²) in [6.45, 7) is 0. The number of amides is 1. The molecule has 0 saturated heterocycles. The van der Waals surface area contributed by atoms with E-state index < -0.39 is 0 Å². The number of rotatable bonds is 3. The van der Waals surface area contributed by atoms with Gasteiger partial charge in [-0.05, 0) is 37.1 Å². The van der Waals surface area contributed by atoms with E-state index in [-0.39, 0.29) is 17.9 Å². The quantitative estimate of drug-likeness (QED) is 0.882. The van der Waals surface area contributed by atoms with Crippen LogP contribution in [0, 0.1) is 5.92 Å². The number of nitrogens with zero attached hydrogens (tertiary/aromatic N) is 3. The average molecular weight is 271 g/mol. The van der Waals surface area contributed by atoms with Crippen LogP contribution in [0.5, 0.6) is 0 Å². The van der Waals surface area contributed by atoms with Crippen LogP contribution in [0.2, 0.25) is 0 Å². The minimum Gasteiger partial charge on any atom is -0.327 e. The van der Waals surface area contributed by atoms with Gasteiger partial charge in [-0.1, -0.05) is 6.42 Å². The molecule has 2 aromatic rings. The molecule has 3 rings (SSSR count). The van der Waals surface area contributed by atoms with Crippen molar-refractivity contribution in [1.82, 2.24) is 15.0 Å². The van der Waals surface area contributed by atoms with E-state index in [2.05, 4.69) is 15.5 Å². The summed E-state index contributed by atoms with van der Waals surface area (Å²) in [5.41, 5.74) is 7.56. The Bertz CT molecular complexity index is 578. The highest BCUT2D eigenvalue weighted by atomic mass is 16.1. The number of hydrogen-bond acceptors (Lipinski definition) is 4. The molecule has 1 aromatic carbocycles. The lowest BCUT2D eigenvalue weighted by atomic mass is 10.0. The molecule has 1 aliphatic rings. The monoisotopic (exact) mass is 271 g/mol. The highest BCUT2D eigenvalue weighted by molar-refractivity contribution is 5.93. The first-order valence-electron chi connectivity index (χ1n) is 6.77. The van der Waals surface area contributed by atoms with Crippen LogP contribution in [0.1, 0.15) is 19.3 Å². The zero-order valence-electron chi connectivity index (χ0n) is 11.1. The van der Waals surface area contributed by atoms with Crippen LogP contribution < -0.4 is 11.1 Å². The normalized spacial score (nSPS) is 21.9. The lowest BCUT2D eigenvalue weighted by Crippen LogP contribution is -2.34. The van der Waals surface area contributed by atoms with Gasteiger partial charge in [-0.2, -0.15) is 15.0 Å². The third kappa shape index (κ3) is 2.55. The second kappa shape index (κ2) is 5.42. The molecule has 0 spiro atoms. The van der Waals surface area contributed by atoms with Crippen LogP contribution in [-0.2, 0) is 4.79 Å². The van der Waals surface area contributed by atoms with Crippen molar-refractivity contribution in [1.29, 1.82) is 0 Å². The molecule has 0 bridgehead atoms. The second-order valence-corrected chi connectivity index (χ2v) is 5.06. The minimum absolute atomic E-state index is 0.0115. The van der Waals surface area contributed by atoms with Gasteiger partial charge in [0.25, 0.3) is 0 Å². The number of hydrogen-bond donors (Lipinski definition) is 2. The summed E-state index contributed by atoms with van der Waals surface area (Å²) in [6, 6.07) is 7.41. The second-order valence-electron chi connectivity index (χ2n) is 5.06. The van der Waals surface area contributed by atoms with Crippen LogP contribution in [0.3, 0.4) is 0 Å². The van der Waals surface area contributed by atoms with Crippen molar-refractivity contribution in [3.63, 3.8) is 0 Å². The van der Waals surface area contributed by atoms with Gasteiger partial charge in [0.2, 0.25) is 5.91 Å². The molecule has 2 unspecified atom stereocenters. The van der Waals surface area contributed by atoms with E-state index in [1.54, 1.807) is 12.4 Å². The molecule has 1 aliphatic carbocycles. The topological polar surface area (TPSA) is 85.8 Å². The Hall–Kier alpha value is -2.21. The molecular weight excluding hydrogens is 254 g/mol. The number of nitrogens with one attached hydrogen (secondary N) is 1. The Morgan fingerprint density at radius 1 is 1.20 bits per heavy atom. The summed E-state index contributed by atoms with van der Waals surface area (Å²) >= 11 is 0. The third-order valence-electron chi connectivity index (χ3n) is 3.69. The van der Waals surface area contributed by atoms with Crippen molar-refractivity contribution in [3.05, 3.63) is 36.7 Å². The highest BCUT2D eigenvalue weighted by Crippen LogP contribution is 2.25. The zero-order valence-corrected chi connectivity index (χ0v) is 11.1. The van der Waals surface area contributed by atoms with Crippen LogP contribution in [-0.4, -0.2) is 26.9 Å². The maximum absolute atomic E-state index is 12.1. The predicted octanol–water partition coefficient (Wildman–Crippen LogP) is 1.33. The van der Waals surface area contributed by atoms with E-state index in [1.807, 2.05) is 24.3 Å². The SMILES string of the molecule is NC1CCCC1C(=O)Nc1ccc(-n2nccn2)cc1. The van der Waals surface area contributed by atoms with Gasteiger partial charge >= 0.3 is 0 Å². The minimum atomic E-state index is -0.0672. The van der Waals surface area contributed by atoms with Gasteiger partial charge < -0.3 is 11.1 Å². The van der Waals surface area contributed by atoms with Crippen molar-refractivity contribution >= 4 is 11.6 Å². The molecule has 1 fully saturated rings. The molecule has 20 heavy (non-hydrogen) atoms. The predicted molar refractivity (Wildman–Crippen MR) is 75.3 cm³/mol. The van der Waals surface area contributed by atoms with Crippen LogP contribution in [0.4, 0.5) is 5.69 Å². The number of carbonyl (C=O) groups excluding carboxylic acids is 1. The van der Waals surface area contributed by atoms with Crippen molar-refractivity contribution < 1.29 is 4.79 Å². The zero-order chi connectivity index (χ0) is 13.9. The Balaban J connectivity index is 1.68. The van der Waals surface area contributed by atoms with E-state index in [9.17, 15) is 4.79 Å². The van der Waals surface area contributed by atoms with Crippen LogP contribution in [0.25, 0.3) is 5.69 Å². The van der Waals surface area contributed by atoms with Gasteiger partial charge in [-0.3, -0.25) is 4.79 Å². The van der Waals surface area contributed by atoms with Gasteiger partial charge in [0.15, 0.2) is 0 Å². The number of aromatic nitrogens is 3.